The van der Waals surface area contributed by atoms with Crippen LogP contribution >= 0.6 is 21.3 Å². The molecule has 0 radical (unpaired) electrons. The van der Waals surface area contributed by atoms with Gasteiger partial charge in [0.15, 0.2) is 6.10 Å². The van der Waals surface area contributed by atoms with Crippen molar-refractivity contribution in [2.24, 2.45) is 0 Å². The van der Waals surface area contributed by atoms with Gasteiger partial charge in [-0.05, 0) is 25.0 Å². The Kier molecular flexibility index (Phi) is 27.4. The molecule has 0 aromatic rings. The maximum absolute atomic E-state index is 12.2. The third-order valence-corrected chi connectivity index (χ3v) is 6.64. The van der Waals surface area contributed by atoms with Crippen LogP contribution in [0, 0.1) is 0 Å². The van der Waals surface area contributed by atoms with Crippen LogP contribution in [-0.4, -0.2) is 37.0 Å². The van der Waals surface area contributed by atoms with Gasteiger partial charge in [-0.2, -0.15) is 12.6 Å². The summed E-state index contributed by atoms with van der Waals surface area (Å²) in [5, 5.41) is 0. The van der Waals surface area contributed by atoms with Gasteiger partial charge in [-0.15, -0.1) is 0 Å². The second kappa shape index (κ2) is 27.9. The van der Waals surface area contributed by atoms with Crippen LogP contribution in [0.4, 0.5) is 0 Å². The number of thiol groups is 1. The molecule has 35 heavy (non-hydrogen) atoms. The lowest BCUT2D eigenvalue weighted by Gasteiger charge is -2.16. The van der Waals surface area contributed by atoms with Crippen LogP contribution in [0.15, 0.2) is 0 Å². The Morgan fingerprint density at radius 1 is 0.657 bits per heavy atom. The summed E-state index contributed by atoms with van der Waals surface area (Å²) in [5.74, 6) is 0.257. The summed E-state index contributed by atoms with van der Waals surface area (Å²) in [4.78, 5) is 24.1. The van der Waals surface area contributed by atoms with Crippen molar-refractivity contribution >= 4 is 33.3 Å². The van der Waals surface area contributed by atoms with E-state index in [-0.39, 0.29) is 25.2 Å². The minimum Gasteiger partial charge on any atom is -0.462 e. The van der Waals surface area contributed by atoms with Crippen LogP contribution in [0.3, 0.4) is 0 Å². The van der Waals surface area contributed by atoms with E-state index in [9.17, 15) is 14.2 Å². The van der Waals surface area contributed by atoms with Gasteiger partial charge < -0.3 is 9.47 Å². The fourth-order valence-electron chi connectivity index (χ4n) is 3.93. The summed E-state index contributed by atoms with van der Waals surface area (Å²) in [5.41, 5.74) is 0. The molecule has 0 spiro atoms. The quantitative estimate of drug-likeness (QED) is 0.0493. The summed E-state index contributed by atoms with van der Waals surface area (Å²) >= 11 is 4.19. The van der Waals surface area contributed by atoms with Crippen LogP contribution < -0.4 is 0 Å². The number of unbranched alkanes of at least 4 members (excludes halogenated alkanes) is 16. The van der Waals surface area contributed by atoms with Crippen molar-refractivity contribution in [1.82, 2.24) is 0 Å². The summed E-state index contributed by atoms with van der Waals surface area (Å²) in [6.45, 7) is 2.12. The monoisotopic (exact) mass is 534 g/mol. The van der Waals surface area contributed by atoms with Gasteiger partial charge in [-0.1, -0.05) is 103 Å². The van der Waals surface area contributed by atoms with Crippen LogP contribution in [0.25, 0.3) is 0 Å². The molecule has 0 rings (SSSR count). The van der Waals surface area contributed by atoms with E-state index in [1.165, 1.54) is 64.2 Å². The highest BCUT2D eigenvalue weighted by molar-refractivity contribution is 7.80. The summed E-state index contributed by atoms with van der Waals surface area (Å²) in [6, 6.07) is 0. The Morgan fingerprint density at radius 3 is 1.60 bits per heavy atom. The zero-order chi connectivity index (χ0) is 25.8. The number of rotatable bonds is 27. The summed E-state index contributed by atoms with van der Waals surface area (Å²) in [7, 11) is -0.488. The molecular weight excluding hydrogens is 483 g/mol. The SMILES string of the molecule is CCCCCCCCCCCCCCCC(=O)O[C@@H](COP=O)COC(=O)CCCCCCCS. The van der Waals surface area contributed by atoms with Crippen LogP contribution in [0.1, 0.15) is 135 Å². The fourth-order valence-corrected chi connectivity index (χ4v) is 4.38. The molecule has 0 N–H and O–H groups in total. The first-order valence-electron chi connectivity index (χ1n) is 14.0. The molecule has 0 aliphatic heterocycles. The van der Waals surface area contributed by atoms with Gasteiger partial charge in [-0.25, -0.2) is 4.57 Å². The molecule has 8 heteroatoms. The summed E-state index contributed by atoms with van der Waals surface area (Å²) < 4.78 is 26.1. The van der Waals surface area contributed by atoms with Crippen molar-refractivity contribution in [1.29, 1.82) is 0 Å². The molecule has 0 aromatic carbocycles. The van der Waals surface area contributed by atoms with E-state index in [2.05, 4.69) is 19.6 Å². The number of hydrogen-bond donors (Lipinski definition) is 1. The normalized spacial score (nSPS) is 12.1. The Balaban J connectivity index is 3.78. The third kappa shape index (κ3) is 26.2. The standard InChI is InChI=1S/C27H51O6PS/c1-2-3-4-5-6-7-8-9-10-11-12-14-18-21-27(29)33-25(24-32-34-30)23-31-26(28)20-17-15-13-16-19-22-35/h25,35H,2-24H2,1H3/t25-/m1/s1. The Hall–Kier alpha value is -0.650. The van der Waals surface area contributed by atoms with Gasteiger partial charge in [0.25, 0.3) is 0 Å². The van der Waals surface area contributed by atoms with Gasteiger partial charge in [-0.3, -0.25) is 14.1 Å². The lowest BCUT2D eigenvalue weighted by molar-refractivity contribution is -0.160. The average molecular weight is 535 g/mol. The molecule has 0 aliphatic rings. The number of carbonyl (C=O) groups is 2. The molecule has 0 fully saturated rings. The Bertz CT molecular complexity index is 506. The van der Waals surface area contributed by atoms with Gasteiger partial charge in [0, 0.05) is 12.8 Å². The first-order chi connectivity index (χ1) is 17.1. The van der Waals surface area contributed by atoms with Gasteiger partial charge >= 0.3 is 20.6 Å². The van der Waals surface area contributed by atoms with Gasteiger partial charge in [0.2, 0.25) is 0 Å². The smallest absolute Gasteiger partial charge is 0.327 e. The minimum atomic E-state index is -0.731. The van der Waals surface area contributed by atoms with E-state index in [0.29, 0.717) is 12.8 Å². The topological polar surface area (TPSA) is 78.9 Å². The molecule has 0 aliphatic carbocycles. The molecule has 206 valence electrons. The predicted octanol–water partition coefficient (Wildman–Crippen LogP) is 8.42. The second-order valence-corrected chi connectivity index (χ2v) is 10.3. The number of esters is 2. The van der Waals surface area contributed by atoms with E-state index in [0.717, 1.165) is 57.1 Å². The molecule has 0 saturated heterocycles. The van der Waals surface area contributed by atoms with E-state index < -0.39 is 14.8 Å². The average Bonchev–Trinajstić information content (AvgIpc) is 2.85. The summed E-state index contributed by atoms with van der Waals surface area (Å²) in [6.07, 6.45) is 21.3. The number of hydrogen-bond acceptors (Lipinski definition) is 7. The van der Waals surface area contributed by atoms with Crippen molar-refractivity contribution in [3.05, 3.63) is 0 Å². The van der Waals surface area contributed by atoms with Crippen molar-refractivity contribution in [2.45, 2.75) is 141 Å². The molecule has 0 saturated carbocycles. The van der Waals surface area contributed by atoms with Crippen molar-refractivity contribution in [2.75, 3.05) is 19.0 Å². The lowest BCUT2D eigenvalue weighted by Crippen LogP contribution is -2.28. The third-order valence-electron chi connectivity index (χ3n) is 6.06. The Morgan fingerprint density at radius 2 is 1.11 bits per heavy atom. The molecule has 0 bridgehead atoms. The molecular formula is C27H51O6PS. The second-order valence-electron chi connectivity index (χ2n) is 9.40. The van der Waals surface area contributed by atoms with Crippen LogP contribution in [-0.2, 0) is 28.2 Å². The maximum Gasteiger partial charge on any atom is 0.327 e. The minimum absolute atomic E-state index is 0.0631. The van der Waals surface area contributed by atoms with Crippen molar-refractivity contribution < 1.29 is 28.2 Å². The predicted molar refractivity (Wildman–Crippen MR) is 146 cm³/mol. The largest absolute Gasteiger partial charge is 0.462 e. The van der Waals surface area contributed by atoms with Gasteiger partial charge in [0.1, 0.15) is 13.2 Å². The number of carbonyl (C=O) groups excluding carboxylic acids is 2. The zero-order valence-electron chi connectivity index (χ0n) is 22.2. The van der Waals surface area contributed by atoms with Crippen molar-refractivity contribution in [3.8, 4) is 0 Å². The number of ether oxygens (including phenoxy) is 2. The highest BCUT2D eigenvalue weighted by atomic mass is 32.1. The van der Waals surface area contributed by atoms with Gasteiger partial charge in [0.05, 0.1) is 0 Å². The van der Waals surface area contributed by atoms with Crippen molar-refractivity contribution in [3.63, 3.8) is 0 Å². The first kappa shape index (κ1) is 34.4. The molecule has 0 unspecified atom stereocenters. The van der Waals surface area contributed by atoms with Crippen LogP contribution in [0.5, 0.6) is 0 Å². The fraction of sp³-hybridized carbons (Fsp3) is 0.926. The van der Waals surface area contributed by atoms with E-state index in [4.69, 9.17) is 14.0 Å². The van der Waals surface area contributed by atoms with E-state index in [1.54, 1.807) is 0 Å². The highest BCUT2D eigenvalue weighted by Crippen LogP contribution is 2.14. The van der Waals surface area contributed by atoms with E-state index >= 15 is 0 Å². The molecule has 0 amide bonds. The zero-order valence-corrected chi connectivity index (χ0v) is 24.0. The highest BCUT2D eigenvalue weighted by Gasteiger charge is 2.17. The lowest BCUT2D eigenvalue weighted by atomic mass is 10.0. The molecule has 6 nitrogen and oxygen atoms in total. The van der Waals surface area contributed by atoms with E-state index in [1.807, 2.05) is 0 Å². The molecule has 1 atom stereocenters. The molecule has 0 heterocycles. The Labute approximate surface area is 221 Å². The molecule has 0 aromatic heterocycles. The first-order valence-corrected chi connectivity index (χ1v) is 15.4. The van der Waals surface area contributed by atoms with Crippen LogP contribution in [0.2, 0.25) is 0 Å². The maximum atomic E-state index is 12.2.